The zero-order chi connectivity index (χ0) is 20.9. The molecule has 1 saturated heterocycles. The Morgan fingerprint density at radius 3 is 2.58 bits per heavy atom. The van der Waals surface area contributed by atoms with E-state index in [9.17, 15) is 27.6 Å². The summed E-state index contributed by atoms with van der Waals surface area (Å²) in [6, 6.07) is 3.09. The fourth-order valence-corrected chi connectivity index (χ4v) is 2.87. The lowest BCUT2D eigenvalue weighted by Gasteiger charge is -2.37. The molecule has 7 nitrogen and oxygen atoms in total. The van der Waals surface area contributed by atoms with E-state index in [0.717, 1.165) is 19.2 Å². The molecule has 2 heterocycles. The minimum atomic E-state index is -4.81. The smallest absolute Gasteiger partial charge is 0.276 e. The van der Waals surface area contributed by atoms with Gasteiger partial charge in [-0.3, -0.25) is 19.8 Å². The van der Waals surface area contributed by atoms with Gasteiger partial charge in [0, 0.05) is 12.6 Å². The number of urea groups is 1. The second-order valence-corrected chi connectivity index (χ2v) is 5.86. The van der Waals surface area contributed by atoms with Gasteiger partial charge in [0.2, 0.25) is 5.91 Å². The molecular formula is C16H13F3N4O3. The van der Waals surface area contributed by atoms with Crippen LogP contribution >= 0.6 is 0 Å². The maximum Gasteiger partial charge on any atom is 0.442 e. The minimum absolute atomic E-state index is 0.167. The van der Waals surface area contributed by atoms with Crippen LogP contribution in [0.3, 0.4) is 0 Å². The molecule has 0 bridgehead atoms. The van der Waals surface area contributed by atoms with Crippen molar-refractivity contribution in [2.75, 3.05) is 7.05 Å². The third-order valence-electron chi connectivity index (χ3n) is 4.40. The standard InChI is InChI=1S/C16H13F3N4O3/c1-3-7-14(11(24)20-13(26)23(2)12(14)25)9-5-4-6-10(8-9)15(21-22-15)16(17,18)19/h3-6,8H,1,7H2,2H3,(H,20,24,26)/t14-/m1/s1/i1T,3T. The van der Waals surface area contributed by atoms with Gasteiger partial charge in [-0.05, 0) is 18.1 Å². The van der Waals surface area contributed by atoms with E-state index in [1.165, 1.54) is 12.1 Å². The molecule has 0 saturated carbocycles. The quantitative estimate of drug-likeness (QED) is 0.652. The average molecular weight is 370 g/mol. The van der Waals surface area contributed by atoms with Gasteiger partial charge >= 0.3 is 17.9 Å². The van der Waals surface area contributed by atoms with E-state index in [-0.39, 0.29) is 5.56 Å². The summed E-state index contributed by atoms with van der Waals surface area (Å²) in [6.07, 6.45) is -5.43. The van der Waals surface area contributed by atoms with Crippen molar-refractivity contribution >= 4 is 17.8 Å². The molecule has 136 valence electrons. The van der Waals surface area contributed by atoms with E-state index in [4.69, 9.17) is 2.74 Å². The van der Waals surface area contributed by atoms with Crippen molar-refractivity contribution in [1.29, 1.82) is 0 Å². The van der Waals surface area contributed by atoms with Gasteiger partial charge < -0.3 is 0 Å². The van der Waals surface area contributed by atoms with Crippen molar-refractivity contribution < 1.29 is 30.3 Å². The molecular weight excluding hydrogens is 353 g/mol. The van der Waals surface area contributed by atoms with Crippen LogP contribution in [0.25, 0.3) is 0 Å². The van der Waals surface area contributed by atoms with Crippen LogP contribution in [0.4, 0.5) is 18.0 Å². The van der Waals surface area contributed by atoms with Crippen molar-refractivity contribution in [2.45, 2.75) is 23.7 Å². The van der Waals surface area contributed by atoms with Crippen molar-refractivity contribution in [1.82, 2.24) is 10.2 Å². The summed E-state index contributed by atoms with van der Waals surface area (Å²) < 4.78 is 54.9. The normalized spacial score (nSPS) is 26.4. The molecule has 0 radical (unpaired) electrons. The summed E-state index contributed by atoms with van der Waals surface area (Å²) in [5, 5.41) is 8.16. The number of imide groups is 2. The Bertz CT molecular complexity index is 941. The van der Waals surface area contributed by atoms with Crippen molar-refractivity contribution in [3.63, 3.8) is 0 Å². The molecule has 1 aromatic rings. The first-order valence-electron chi connectivity index (χ1n) is 8.37. The van der Waals surface area contributed by atoms with Gasteiger partial charge in [0.05, 0.1) is 2.74 Å². The second kappa shape index (κ2) is 5.48. The molecule has 0 unspecified atom stereocenters. The molecule has 0 aromatic heterocycles. The van der Waals surface area contributed by atoms with Crippen molar-refractivity contribution in [3.8, 4) is 0 Å². The van der Waals surface area contributed by atoms with Crippen molar-refractivity contribution in [3.05, 3.63) is 48.0 Å². The predicted molar refractivity (Wildman–Crippen MR) is 81.8 cm³/mol. The second-order valence-electron chi connectivity index (χ2n) is 5.86. The van der Waals surface area contributed by atoms with E-state index < -0.39 is 53.1 Å². The van der Waals surface area contributed by atoms with Crippen LogP contribution < -0.4 is 5.32 Å². The monoisotopic (exact) mass is 370 g/mol. The highest BCUT2D eigenvalue weighted by Crippen LogP contribution is 2.52. The fourth-order valence-electron chi connectivity index (χ4n) is 2.87. The summed E-state index contributed by atoms with van der Waals surface area (Å²) in [5.41, 5.74) is -5.53. The number of nitrogens with one attached hydrogen (secondary N) is 1. The number of amides is 4. The number of carbonyl (C=O) groups is 3. The number of carbonyl (C=O) groups excluding carboxylic acids is 3. The number of barbiturate groups is 1. The average Bonchev–Trinajstić information content (AvgIpc) is 3.45. The van der Waals surface area contributed by atoms with Crippen LogP contribution in [0.15, 0.2) is 47.1 Å². The van der Waals surface area contributed by atoms with Gasteiger partial charge in [-0.15, -0.1) is 16.8 Å². The van der Waals surface area contributed by atoms with Crippen LogP contribution in [0.2, 0.25) is 0 Å². The van der Waals surface area contributed by atoms with Gasteiger partial charge in [-0.2, -0.15) is 13.2 Å². The van der Waals surface area contributed by atoms with Crippen LogP contribution in [-0.4, -0.2) is 36.0 Å². The van der Waals surface area contributed by atoms with E-state index in [1.54, 1.807) is 0 Å². The highest BCUT2D eigenvalue weighted by Gasteiger charge is 2.65. The van der Waals surface area contributed by atoms with E-state index >= 15 is 0 Å². The summed E-state index contributed by atoms with van der Waals surface area (Å²) in [5.74, 6) is -2.11. The van der Waals surface area contributed by atoms with Gasteiger partial charge in [0.25, 0.3) is 5.91 Å². The molecule has 4 amide bonds. The molecule has 2 aliphatic rings. The zero-order valence-corrected chi connectivity index (χ0v) is 13.3. The van der Waals surface area contributed by atoms with Gasteiger partial charge in [0.1, 0.15) is 0 Å². The lowest BCUT2D eigenvalue weighted by Crippen LogP contribution is -2.64. The summed E-state index contributed by atoms with van der Waals surface area (Å²) in [6.45, 7) is 0.603. The largest absolute Gasteiger partial charge is 0.442 e. The number of hydrogen-bond acceptors (Lipinski definition) is 5. The third kappa shape index (κ3) is 2.25. The van der Waals surface area contributed by atoms with E-state index in [1.807, 2.05) is 5.32 Å². The molecule has 26 heavy (non-hydrogen) atoms. The Labute approximate surface area is 148 Å². The molecule has 10 heteroatoms. The molecule has 1 aromatic carbocycles. The van der Waals surface area contributed by atoms with Crippen LogP contribution in [-0.2, 0) is 20.7 Å². The van der Waals surface area contributed by atoms with Crippen LogP contribution in [0.5, 0.6) is 0 Å². The van der Waals surface area contributed by atoms with E-state index in [0.29, 0.717) is 11.5 Å². The predicted octanol–water partition coefficient (Wildman–Crippen LogP) is 2.39. The summed E-state index contributed by atoms with van der Waals surface area (Å²) in [4.78, 5) is 37.9. The summed E-state index contributed by atoms with van der Waals surface area (Å²) in [7, 11) is 1.10. The van der Waals surface area contributed by atoms with Gasteiger partial charge in [0.15, 0.2) is 5.41 Å². The lowest BCUT2D eigenvalue weighted by atomic mass is 9.73. The number of halogens is 3. The topological polar surface area (TPSA) is 91.2 Å². The number of likely N-dealkylation sites (N-methyl/N-ethyl adjacent to an activating group) is 1. The lowest BCUT2D eigenvalue weighted by molar-refractivity contribution is -0.166. The Kier molecular flexibility index (Phi) is 3.21. The number of nitrogens with zero attached hydrogens (tertiary/aromatic N) is 3. The highest BCUT2D eigenvalue weighted by atomic mass is 19.4. The van der Waals surface area contributed by atoms with Gasteiger partial charge in [-0.1, -0.05) is 24.3 Å². The Hall–Kier alpha value is -3.04. The first-order chi connectivity index (χ1) is 13.0. The molecule has 1 N–H and O–H groups in total. The molecule has 3 rings (SSSR count). The SMILES string of the molecule is [3H]C=C([3H])C[C@@]1(c2cccc(C3(C(F)(F)F)N=N3)c2)C(=O)NC(=O)N(C)C1=O. The molecule has 0 aliphatic carbocycles. The van der Waals surface area contributed by atoms with Crippen LogP contribution in [0.1, 0.15) is 20.3 Å². The van der Waals surface area contributed by atoms with Crippen molar-refractivity contribution in [2.24, 2.45) is 10.2 Å². The molecule has 2 aliphatic heterocycles. The summed E-state index contributed by atoms with van der Waals surface area (Å²) >= 11 is 0. The molecule has 0 spiro atoms. The Balaban J connectivity index is 2.18. The molecule has 1 fully saturated rings. The molecule has 1 atom stereocenters. The third-order valence-corrected chi connectivity index (χ3v) is 4.40. The highest BCUT2D eigenvalue weighted by molar-refractivity contribution is 6.22. The maximum absolute atomic E-state index is 13.3. The van der Waals surface area contributed by atoms with Gasteiger partial charge in [-0.25, -0.2) is 4.79 Å². The maximum atomic E-state index is 13.3. The minimum Gasteiger partial charge on any atom is -0.276 e. The fraction of sp³-hybridized carbons (Fsp3) is 0.312. The first-order valence-corrected chi connectivity index (χ1v) is 7.29. The number of allylic oxidation sites excluding steroid dienone is 1. The number of rotatable bonds is 4. The van der Waals surface area contributed by atoms with E-state index in [2.05, 4.69) is 10.2 Å². The first kappa shape index (κ1) is 15.2. The number of benzene rings is 1. The Morgan fingerprint density at radius 2 is 2.00 bits per heavy atom. The Morgan fingerprint density at radius 1 is 1.35 bits per heavy atom. The zero-order valence-electron chi connectivity index (χ0n) is 15.3. The number of alkyl halides is 3. The number of hydrogen-bond donors (Lipinski definition) is 1. The van der Waals surface area contributed by atoms with Crippen LogP contribution in [0, 0.1) is 0 Å².